The second-order valence-electron chi connectivity index (χ2n) is 16.6. The van der Waals surface area contributed by atoms with Crippen LogP contribution in [0.2, 0.25) is 0 Å². The molecule has 0 aromatic heterocycles. The second-order valence-corrected chi connectivity index (χ2v) is 16.6. The Balaban J connectivity index is 4.57. The quantitative estimate of drug-likeness (QED) is 0.0199. The van der Waals surface area contributed by atoms with E-state index in [0.29, 0.717) is 19.3 Å². The van der Waals surface area contributed by atoms with Crippen LogP contribution in [0, 0.1) is 0 Å². The molecule has 0 amide bonds. The number of carbonyl (C=O) groups excluding carboxylic acids is 3. The molecular weight excluding hydrogens is 817 g/mol. The van der Waals surface area contributed by atoms with E-state index in [1.165, 1.54) is 51.4 Å². The number of ether oxygens (including phenoxy) is 3. The number of hydrogen-bond donors (Lipinski definition) is 0. The van der Waals surface area contributed by atoms with Crippen molar-refractivity contribution in [3.8, 4) is 0 Å². The molecule has 0 fully saturated rings. The van der Waals surface area contributed by atoms with E-state index in [1.54, 1.807) is 0 Å². The van der Waals surface area contributed by atoms with Gasteiger partial charge in [0.25, 0.3) is 0 Å². The molecule has 0 aliphatic rings. The molecular formula is C60H92O6. The summed E-state index contributed by atoms with van der Waals surface area (Å²) in [5.74, 6) is -1.04. The fourth-order valence-corrected chi connectivity index (χ4v) is 6.41. The molecule has 6 heteroatoms. The summed E-state index contributed by atoms with van der Waals surface area (Å²) >= 11 is 0. The zero-order chi connectivity index (χ0) is 47.9. The van der Waals surface area contributed by atoms with Crippen molar-refractivity contribution in [2.75, 3.05) is 13.2 Å². The van der Waals surface area contributed by atoms with Gasteiger partial charge in [0.05, 0.1) is 0 Å². The van der Waals surface area contributed by atoms with E-state index in [9.17, 15) is 14.4 Å². The largest absolute Gasteiger partial charge is 0.462 e. The number of carbonyl (C=O) groups is 3. The van der Waals surface area contributed by atoms with Gasteiger partial charge in [0.2, 0.25) is 0 Å². The summed E-state index contributed by atoms with van der Waals surface area (Å²) in [5, 5.41) is 0. The maximum atomic E-state index is 12.8. The standard InChI is InChI=1S/C60H92O6/c1-4-7-10-13-16-19-22-25-27-29-31-32-35-38-41-44-47-50-53-59(62)65-56-57(55-64-58(61)52-49-46-43-40-37-34-24-21-18-15-12-9-6-3)66-60(63)54-51-48-45-42-39-36-33-30-28-26-23-20-17-14-11-8-5-2/h9-10,12-13,15-22,24-29,31-32,34,37,40,43,57H,4-8,11,14,23,30,33,35-36,38-39,41-42,44-56H2,1-3H3/b12-9-,13-10-,18-15-,19-16-,20-17-,24-21-,25-22-,28-26-,29-27-,32-31-,37-34-,43-40-. The summed E-state index contributed by atoms with van der Waals surface area (Å²) in [6.45, 7) is 6.26. The first-order chi connectivity index (χ1) is 32.5. The molecule has 0 saturated carbocycles. The van der Waals surface area contributed by atoms with Gasteiger partial charge >= 0.3 is 17.9 Å². The van der Waals surface area contributed by atoms with Crippen molar-refractivity contribution < 1.29 is 28.6 Å². The molecule has 0 saturated heterocycles. The third kappa shape index (κ3) is 50.3. The van der Waals surface area contributed by atoms with Gasteiger partial charge in [0.1, 0.15) is 13.2 Å². The van der Waals surface area contributed by atoms with Crippen molar-refractivity contribution in [1.82, 2.24) is 0 Å². The molecule has 66 heavy (non-hydrogen) atoms. The average Bonchev–Trinajstić information content (AvgIpc) is 3.31. The van der Waals surface area contributed by atoms with Crippen LogP contribution in [0.4, 0.5) is 0 Å². The lowest BCUT2D eigenvalue weighted by Gasteiger charge is -2.18. The highest BCUT2D eigenvalue weighted by Gasteiger charge is 2.19. The molecule has 0 bridgehead atoms. The van der Waals surface area contributed by atoms with Crippen molar-refractivity contribution in [1.29, 1.82) is 0 Å². The lowest BCUT2D eigenvalue weighted by Crippen LogP contribution is -2.30. The number of hydrogen-bond acceptors (Lipinski definition) is 6. The van der Waals surface area contributed by atoms with Crippen LogP contribution in [-0.4, -0.2) is 37.2 Å². The van der Waals surface area contributed by atoms with Crippen LogP contribution >= 0.6 is 0 Å². The first kappa shape index (κ1) is 61.3. The summed E-state index contributed by atoms with van der Waals surface area (Å²) in [7, 11) is 0. The molecule has 0 aliphatic carbocycles. The molecule has 0 aliphatic heterocycles. The molecule has 0 aromatic rings. The highest BCUT2D eigenvalue weighted by Crippen LogP contribution is 2.13. The maximum Gasteiger partial charge on any atom is 0.306 e. The minimum atomic E-state index is -0.828. The first-order valence-electron chi connectivity index (χ1n) is 26.0. The maximum absolute atomic E-state index is 12.8. The van der Waals surface area contributed by atoms with E-state index < -0.39 is 6.10 Å². The van der Waals surface area contributed by atoms with E-state index in [2.05, 4.69) is 75.5 Å². The van der Waals surface area contributed by atoms with Crippen LogP contribution < -0.4 is 0 Å². The molecule has 1 atom stereocenters. The normalized spacial score (nSPS) is 13.3. The minimum absolute atomic E-state index is 0.124. The number of allylic oxidation sites excluding steroid dienone is 24. The van der Waals surface area contributed by atoms with E-state index >= 15 is 0 Å². The summed E-state index contributed by atoms with van der Waals surface area (Å²) in [6, 6.07) is 0. The number of unbranched alkanes of at least 4 members (excludes halogenated alkanes) is 17. The van der Waals surface area contributed by atoms with E-state index in [-0.39, 0.29) is 37.5 Å². The van der Waals surface area contributed by atoms with Gasteiger partial charge in [-0.25, -0.2) is 0 Å². The minimum Gasteiger partial charge on any atom is -0.462 e. The Kier molecular flexibility index (Phi) is 49.1. The SMILES string of the molecule is CC\C=C/C=C\C=C/C=C\C=C/CCCC(=O)OCC(COC(=O)CCCCCCC\C=C/C=C\C=C/C=C\C=C/CCC)OC(=O)CCCCCCCCC/C=C\C/C=C\CCCCC. The smallest absolute Gasteiger partial charge is 0.306 e. The van der Waals surface area contributed by atoms with Gasteiger partial charge in [0, 0.05) is 19.3 Å². The lowest BCUT2D eigenvalue weighted by molar-refractivity contribution is -0.167. The van der Waals surface area contributed by atoms with Gasteiger partial charge in [0.15, 0.2) is 6.10 Å². The van der Waals surface area contributed by atoms with Crippen molar-refractivity contribution in [2.45, 2.75) is 200 Å². The third-order valence-electron chi connectivity index (χ3n) is 10.3. The molecule has 0 N–H and O–H groups in total. The van der Waals surface area contributed by atoms with Crippen molar-refractivity contribution in [2.24, 2.45) is 0 Å². The summed E-state index contributed by atoms with van der Waals surface area (Å²) < 4.78 is 16.7. The molecule has 368 valence electrons. The lowest BCUT2D eigenvalue weighted by atomic mass is 10.1. The Hall–Kier alpha value is -4.71. The number of esters is 3. The van der Waals surface area contributed by atoms with Crippen LogP contribution in [0.25, 0.3) is 0 Å². The Labute approximate surface area is 404 Å². The molecule has 0 radical (unpaired) electrons. The fourth-order valence-electron chi connectivity index (χ4n) is 6.41. The molecule has 0 heterocycles. The van der Waals surface area contributed by atoms with E-state index in [0.717, 1.165) is 96.3 Å². The Morgan fingerprint density at radius 1 is 0.333 bits per heavy atom. The van der Waals surface area contributed by atoms with Crippen LogP contribution in [-0.2, 0) is 28.6 Å². The van der Waals surface area contributed by atoms with Crippen LogP contribution in [0.15, 0.2) is 146 Å². The van der Waals surface area contributed by atoms with Crippen molar-refractivity contribution in [3.05, 3.63) is 146 Å². The van der Waals surface area contributed by atoms with Crippen LogP contribution in [0.5, 0.6) is 0 Å². The molecule has 0 rings (SSSR count). The molecule has 0 aromatic carbocycles. The zero-order valence-electron chi connectivity index (χ0n) is 41.9. The Morgan fingerprint density at radius 2 is 0.697 bits per heavy atom. The fraction of sp³-hybridized carbons (Fsp3) is 0.550. The van der Waals surface area contributed by atoms with Gasteiger partial charge in [-0.3, -0.25) is 14.4 Å². The van der Waals surface area contributed by atoms with Crippen LogP contribution in [0.1, 0.15) is 194 Å². The van der Waals surface area contributed by atoms with Crippen LogP contribution in [0.3, 0.4) is 0 Å². The van der Waals surface area contributed by atoms with Gasteiger partial charge in [-0.1, -0.05) is 237 Å². The molecule has 0 spiro atoms. The van der Waals surface area contributed by atoms with E-state index in [1.807, 2.05) is 91.1 Å². The number of rotatable bonds is 44. The Bertz CT molecular complexity index is 1510. The zero-order valence-corrected chi connectivity index (χ0v) is 41.9. The predicted octanol–water partition coefficient (Wildman–Crippen LogP) is 17.3. The predicted molar refractivity (Wildman–Crippen MR) is 283 cm³/mol. The van der Waals surface area contributed by atoms with Gasteiger partial charge in [-0.15, -0.1) is 0 Å². The van der Waals surface area contributed by atoms with Gasteiger partial charge in [-0.2, -0.15) is 0 Å². The Morgan fingerprint density at radius 3 is 1.17 bits per heavy atom. The van der Waals surface area contributed by atoms with Gasteiger partial charge < -0.3 is 14.2 Å². The van der Waals surface area contributed by atoms with Crippen molar-refractivity contribution in [3.63, 3.8) is 0 Å². The third-order valence-corrected chi connectivity index (χ3v) is 10.3. The molecule has 1 unspecified atom stereocenters. The monoisotopic (exact) mass is 909 g/mol. The average molecular weight is 909 g/mol. The van der Waals surface area contributed by atoms with E-state index in [4.69, 9.17) is 14.2 Å². The highest BCUT2D eigenvalue weighted by atomic mass is 16.6. The second kappa shape index (κ2) is 52.9. The summed E-state index contributed by atoms with van der Waals surface area (Å²) in [5.41, 5.74) is 0. The first-order valence-corrected chi connectivity index (χ1v) is 26.0. The highest BCUT2D eigenvalue weighted by molar-refractivity contribution is 5.71. The van der Waals surface area contributed by atoms with Gasteiger partial charge in [-0.05, 0) is 83.5 Å². The van der Waals surface area contributed by atoms with Crippen molar-refractivity contribution >= 4 is 17.9 Å². The summed E-state index contributed by atoms with van der Waals surface area (Å²) in [4.78, 5) is 38.0. The molecule has 6 nitrogen and oxygen atoms in total. The summed E-state index contributed by atoms with van der Waals surface area (Å²) in [6.07, 6.45) is 75.4. The topological polar surface area (TPSA) is 78.9 Å².